The number of thiazole rings is 1. The van der Waals surface area contributed by atoms with Gasteiger partial charge >= 0.3 is 5.97 Å². The molecule has 2 aromatic rings. The Bertz CT molecular complexity index is 746. The van der Waals surface area contributed by atoms with Crippen LogP contribution in [0.4, 0.5) is 5.82 Å². The Morgan fingerprint density at radius 3 is 2.80 bits per heavy atom. The molecule has 1 aliphatic rings. The summed E-state index contributed by atoms with van der Waals surface area (Å²) in [6.07, 6.45) is 3.97. The van der Waals surface area contributed by atoms with Gasteiger partial charge < -0.3 is 15.6 Å². The number of pyridine rings is 1. The number of nitrogens with zero attached hydrogens (tertiary/aromatic N) is 2. The molecule has 3 rings (SSSR count). The Balaban J connectivity index is 1.75. The van der Waals surface area contributed by atoms with Crippen molar-refractivity contribution in [3.63, 3.8) is 0 Å². The van der Waals surface area contributed by atoms with Gasteiger partial charge in [0.25, 0.3) is 0 Å². The van der Waals surface area contributed by atoms with Crippen molar-refractivity contribution in [1.82, 2.24) is 9.97 Å². The fourth-order valence-corrected chi connectivity index (χ4v) is 4.26. The molecule has 7 heteroatoms. The Morgan fingerprint density at radius 2 is 2.16 bits per heavy atom. The highest BCUT2D eigenvalue weighted by Crippen LogP contribution is 2.42. The monoisotopic (exact) mass is 361 g/mol. The summed E-state index contributed by atoms with van der Waals surface area (Å²) in [5.74, 6) is 0.181. The Morgan fingerprint density at radius 1 is 1.44 bits per heavy atom. The number of aromatic nitrogens is 2. The van der Waals surface area contributed by atoms with Gasteiger partial charge in [0.2, 0.25) is 0 Å². The van der Waals surface area contributed by atoms with Gasteiger partial charge in [0.15, 0.2) is 0 Å². The van der Waals surface area contributed by atoms with Gasteiger partial charge in [-0.1, -0.05) is 0 Å². The molecule has 0 saturated heterocycles. The third kappa shape index (κ3) is 3.82. The van der Waals surface area contributed by atoms with Crippen molar-refractivity contribution in [3.8, 4) is 10.6 Å². The van der Waals surface area contributed by atoms with Gasteiger partial charge in [-0.25, -0.2) is 9.97 Å². The summed E-state index contributed by atoms with van der Waals surface area (Å²) in [6, 6.07) is 3.77. The fraction of sp³-hybridized carbons (Fsp3) is 0.500. The smallest absolute Gasteiger partial charge is 0.308 e. The maximum atomic E-state index is 11.9. The van der Waals surface area contributed by atoms with Gasteiger partial charge in [0.1, 0.15) is 16.4 Å². The predicted molar refractivity (Wildman–Crippen MR) is 97.0 cm³/mol. The molecule has 0 radical (unpaired) electrons. The fourth-order valence-electron chi connectivity index (χ4n) is 3.23. The first-order chi connectivity index (χ1) is 11.9. The molecule has 6 nitrogen and oxygen atoms in total. The summed E-state index contributed by atoms with van der Waals surface area (Å²) >= 11 is 1.43. The van der Waals surface area contributed by atoms with E-state index in [1.165, 1.54) is 11.3 Å². The van der Waals surface area contributed by atoms with Crippen LogP contribution >= 0.6 is 11.3 Å². The SMILES string of the molecule is CCOC(=O)[C@H]1CC[C@@](O)(c2ncc(-c3cc(C)cc(N)n3)s2)CC1. The zero-order chi connectivity index (χ0) is 18.0. The number of hydrogen-bond donors (Lipinski definition) is 2. The number of rotatable bonds is 4. The second kappa shape index (κ2) is 7.09. The number of nitrogens with two attached hydrogens (primary N) is 1. The minimum Gasteiger partial charge on any atom is -0.466 e. The van der Waals surface area contributed by atoms with E-state index in [9.17, 15) is 9.90 Å². The maximum absolute atomic E-state index is 11.9. The van der Waals surface area contributed by atoms with Gasteiger partial charge in [-0.05, 0) is 57.2 Å². The summed E-state index contributed by atoms with van der Waals surface area (Å²) < 4.78 is 5.09. The second-order valence-corrected chi connectivity index (χ2v) is 7.57. The van der Waals surface area contributed by atoms with E-state index in [2.05, 4.69) is 9.97 Å². The normalized spacial score (nSPS) is 23.4. The van der Waals surface area contributed by atoms with Crippen LogP contribution in [0.5, 0.6) is 0 Å². The average molecular weight is 361 g/mol. The van der Waals surface area contributed by atoms with Gasteiger partial charge in [-0.3, -0.25) is 4.79 Å². The van der Waals surface area contributed by atoms with E-state index in [1.807, 2.05) is 19.1 Å². The summed E-state index contributed by atoms with van der Waals surface area (Å²) in [6.45, 7) is 4.16. The third-order valence-electron chi connectivity index (χ3n) is 4.58. The highest BCUT2D eigenvalue weighted by atomic mass is 32.1. The van der Waals surface area contributed by atoms with E-state index in [-0.39, 0.29) is 11.9 Å². The molecule has 2 aromatic heterocycles. The lowest BCUT2D eigenvalue weighted by atomic mass is 9.79. The van der Waals surface area contributed by atoms with E-state index in [4.69, 9.17) is 10.5 Å². The first kappa shape index (κ1) is 17.8. The number of anilines is 1. The number of nitrogen functional groups attached to an aromatic ring is 1. The van der Waals surface area contributed by atoms with E-state index in [1.54, 1.807) is 13.1 Å². The topological polar surface area (TPSA) is 98.3 Å². The van der Waals surface area contributed by atoms with Crippen LogP contribution in [-0.4, -0.2) is 27.7 Å². The number of esters is 1. The molecule has 2 heterocycles. The number of hydrogen-bond acceptors (Lipinski definition) is 7. The summed E-state index contributed by atoms with van der Waals surface area (Å²) in [5.41, 5.74) is 6.64. The molecule has 0 unspecified atom stereocenters. The number of ether oxygens (including phenoxy) is 1. The molecule has 1 aliphatic carbocycles. The Labute approximate surface area is 151 Å². The standard InChI is InChI=1S/C18H23N3O3S/c1-3-24-16(22)12-4-6-18(23,7-5-12)17-20-10-14(25-17)13-8-11(2)9-15(19)21-13/h8-10,12,23H,3-7H2,1-2H3,(H2,19,21)/t12-,18-. The number of carbonyl (C=O) groups excluding carboxylic acids is 1. The molecular weight excluding hydrogens is 338 g/mol. The minimum atomic E-state index is -0.985. The molecule has 0 aliphatic heterocycles. The quantitative estimate of drug-likeness (QED) is 0.812. The molecule has 0 amide bonds. The van der Waals surface area contributed by atoms with Crippen molar-refractivity contribution >= 4 is 23.1 Å². The molecule has 3 N–H and O–H groups in total. The van der Waals surface area contributed by atoms with Gasteiger partial charge in [0, 0.05) is 6.20 Å². The van der Waals surface area contributed by atoms with E-state index >= 15 is 0 Å². The molecule has 0 atom stereocenters. The lowest BCUT2D eigenvalue weighted by Crippen LogP contribution is -2.34. The van der Waals surface area contributed by atoms with Crippen LogP contribution in [0, 0.1) is 12.8 Å². The van der Waals surface area contributed by atoms with Crippen molar-refractivity contribution in [2.75, 3.05) is 12.3 Å². The van der Waals surface area contributed by atoms with Gasteiger partial charge in [-0.15, -0.1) is 11.3 Å². The molecule has 1 saturated carbocycles. The third-order valence-corrected chi connectivity index (χ3v) is 5.79. The van der Waals surface area contributed by atoms with Crippen molar-refractivity contribution < 1.29 is 14.6 Å². The molecule has 0 aromatic carbocycles. The van der Waals surface area contributed by atoms with Crippen molar-refractivity contribution in [2.45, 2.75) is 45.1 Å². The van der Waals surface area contributed by atoms with Gasteiger partial charge in [-0.2, -0.15) is 0 Å². The predicted octanol–water partition coefficient (Wildman–Crippen LogP) is 3.04. The van der Waals surface area contributed by atoms with Crippen LogP contribution < -0.4 is 5.73 Å². The van der Waals surface area contributed by atoms with E-state index in [0.29, 0.717) is 43.1 Å². The Hall–Kier alpha value is -1.99. The number of aryl methyl sites for hydroxylation is 1. The largest absolute Gasteiger partial charge is 0.466 e. The highest BCUT2D eigenvalue weighted by molar-refractivity contribution is 7.15. The van der Waals surface area contributed by atoms with Crippen molar-refractivity contribution in [2.24, 2.45) is 5.92 Å². The molecule has 25 heavy (non-hydrogen) atoms. The molecule has 1 fully saturated rings. The van der Waals surface area contributed by atoms with Crippen LogP contribution in [-0.2, 0) is 15.1 Å². The first-order valence-corrected chi connectivity index (χ1v) is 9.33. The van der Waals surface area contributed by atoms with Crippen LogP contribution in [0.15, 0.2) is 18.3 Å². The van der Waals surface area contributed by atoms with Gasteiger partial charge in [0.05, 0.1) is 23.1 Å². The van der Waals surface area contributed by atoms with E-state index < -0.39 is 5.60 Å². The highest BCUT2D eigenvalue weighted by Gasteiger charge is 2.39. The lowest BCUT2D eigenvalue weighted by Gasteiger charge is -2.33. The zero-order valence-electron chi connectivity index (χ0n) is 14.5. The molecule has 0 spiro atoms. The Kier molecular flexibility index (Phi) is 5.06. The van der Waals surface area contributed by atoms with Crippen LogP contribution in [0.1, 0.15) is 43.2 Å². The number of carbonyl (C=O) groups is 1. The lowest BCUT2D eigenvalue weighted by molar-refractivity contribution is -0.151. The van der Waals surface area contributed by atoms with Crippen LogP contribution in [0.2, 0.25) is 0 Å². The summed E-state index contributed by atoms with van der Waals surface area (Å²) in [7, 11) is 0. The second-order valence-electron chi connectivity index (χ2n) is 6.54. The van der Waals surface area contributed by atoms with E-state index in [0.717, 1.165) is 16.1 Å². The van der Waals surface area contributed by atoms with Crippen molar-refractivity contribution in [3.05, 3.63) is 28.9 Å². The molecular formula is C18H23N3O3S. The van der Waals surface area contributed by atoms with Crippen molar-refractivity contribution in [1.29, 1.82) is 0 Å². The van der Waals surface area contributed by atoms with Crippen LogP contribution in [0.25, 0.3) is 10.6 Å². The average Bonchev–Trinajstić information content (AvgIpc) is 3.06. The minimum absolute atomic E-state index is 0.127. The van der Waals surface area contributed by atoms with Crippen LogP contribution in [0.3, 0.4) is 0 Å². The summed E-state index contributed by atoms with van der Waals surface area (Å²) in [4.78, 5) is 21.5. The number of aliphatic hydroxyl groups is 1. The molecule has 134 valence electrons. The maximum Gasteiger partial charge on any atom is 0.308 e. The zero-order valence-corrected chi connectivity index (χ0v) is 15.3. The summed E-state index contributed by atoms with van der Waals surface area (Å²) in [5, 5.41) is 11.7. The first-order valence-electron chi connectivity index (χ1n) is 8.51. The molecule has 0 bridgehead atoms.